The molecular formula is C30H28Cl2N6O2S. The molecule has 1 aromatic heterocycles. The van der Waals surface area contributed by atoms with Crippen LogP contribution in [0.3, 0.4) is 0 Å². The van der Waals surface area contributed by atoms with Crippen LogP contribution in [0.5, 0.6) is 5.75 Å². The number of phenols is 1. The molecule has 0 fully saturated rings. The molecule has 4 aromatic rings. The minimum absolute atomic E-state index is 0.150. The van der Waals surface area contributed by atoms with Crippen LogP contribution in [0.25, 0.3) is 0 Å². The summed E-state index contributed by atoms with van der Waals surface area (Å²) in [5.74, 6) is -0.00385. The number of benzene rings is 3. The zero-order valence-corrected chi connectivity index (χ0v) is 24.5. The van der Waals surface area contributed by atoms with Crippen LogP contribution in [0.2, 0.25) is 10.0 Å². The molecule has 3 aromatic carbocycles. The van der Waals surface area contributed by atoms with Gasteiger partial charge in [0.1, 0.15) is 5.75 Å². The Morgan fingerprint density at radius 1 is 1.15 bits per heavy atom. The van der Waals surface area contributed by atoms with Crippen molar-refractivity contribution in [2.75, 3.05) is 11.9 Å². The number of aromatic nitrogens is 2. The first kappa shape index (κ1) is 29.9. The van der Waals surface area contributed by atoms with E-state index >= 15 is 0 Å². The third-order valence-electron chi connectivity index (χ3n) is 6.28. The van der Waals surface area contributed by atoms with E-state index in [1.54, 1.807) is 55.0 Å². The minimum Gasteiger partial charge on any atom is -0.508 e. The number of hydrogen-bond donors (Lipinski definition) is 3. The van der Waals surface area contributed by atoms with Crippen LogP contribution in [0.15, 0.2) is 79.3 Å². The van der Waals surface area contributed by atoms with Crippen molar-refractivity contribution in [3.8, 4) is 11.8 Å². The van der Waals surface area contributed by atoms with Crippen LogP contribution < -0.4 is 10.6 Å². The van der Waals surface area contributed by atoms with Gasteiger partial charge in [-0.05, 0) is 72.7 Å². The molecule has 0 saturated heterocycles. The smallest absolute Gasteiger partial charge is 0.226 e. The van der Waals surface area contributed by atoms with Crippen molar-refractivity contribution < 1.29 is 9.90 Å². The maximum absolute atomic E-state index is 13.0. The lowest BCUT2D eigenvalue weighted by molar-refractivity contribution is -0.121. The molecule has 0 aliphatic rings. The number of nitrogens with zero attached hydrogens (tertiary/aromatic N) is 4. The van der Waals surface area contributed by atoms with Crippen LogP contribution >= 0.6 is 35.4 Å². The molecule has 4 rings (SSSR count). The number of nitrogens with one attached hydrogen (secondary N) is 2. The van der Waals surface area contributed by atoms with Crippen molar-refractivity contribution in [3.05, 3.63) is 112 Å². The fourth-order valence-corrected chi connectivity index (χ4v) is 4.87. The largest absolute Gasteiger partial charge is 0.508 e. The molecule has 0 spiro atoms. The molecule has 1 atom stereocenters. The fraction of sp³-hybridized carbons (Fsp3) is 0.200. The van der Waals surface area contributed by atoms with Gasteiger partial charge < -0.3 is 25.2 Å². The lowest BCUT2D eigenvalue weighted by atomic mass is 10.1. The van der Waals surface area contributed by atoms with Gasteiger partial charge in [0.25, 0.3) is 0 Å². The third kappa shape index (κ3) is 8.44. The van der Waals surface area contributed by atoms with Crippen molar-refractivity contribution in [1.29, 1.82) is 5.26 Å². The molecule has 0 radical (unpaired) electrons. The molecular weight excluding hydrogens is 579 g/mol. The van der Waals surface area contributed by atoms with Crippen molar-refractivity contribution in [2.45, 2.75) is 32.5 Å². The average molecular weight is 608 g/mol. The topological polar surface area (TPSA) is 106 Å². The Morgan fingerprint density at radius 2 is 1.88 bits per heavy atom. The van der Waals surface area contributed by atoms with Gasteiger partial charge in [-0.2, -0.15) is 5.26 Å². The molecule has 210 valence electrons. The maximum Gasteiger partial charge on any atom is 0.226 e. The number of carbonyl (C=O) groups is 1. The number of imidazole rings is 1. The number of hydrogen-bond acceptors (Lipinski definition) is 5. The molecule has 11 heteroatoms. The number of halogens is 2. The fourth-order valence-electron chi connectivity index (χ4n) is 4.23. The second-order valence-corrected chi connectivity index (χ2v) is 10.7. The molecule has 0 aliphatic carbocycles. The number of thiocarbonyl (C=S) groups is 1. The van der Waals surface area contributed by atoms with E-state index in [2.05, 4.69) is 21.7 Å². The van der Waals surface area contributed by atoms with E-state index in [1.807, 2.05) is 40.7 Å². The average Bonchev–Trinajstić information content (AvgIpc) is 3.38. The summed E-state index contributed by atoms with van der Waals surface area (Å²) < 4.78 is 1.91. The summed E-state index contributed by atoms with van der Waals surface area (Å²) in [5, 5.41) is 26.2. The number of anilines is 1. The minimum atomic E-state index is -0.269. The summed E-state index contributed by atoms with van der Waals surface area (Å²) in [5.41, 5.74) is 3.87. The number of phenolic OH excluding ortho intramolecular Hbond substituents is 1. The first-order valence-corrected chi connectivity index (χ1v) is 13.9. The second-order valence-electron chi connectivity index (χ2n) is 9.54. The van der Waals surface area contributed by atoms with Gasteiger partial charge in [0.15, 0.2) is 5.11 Å². The van der Waals surface area contributed by atoms with E-state index in [1.165, 1.54) is 0 Å². The van der Waals surface area contributed by atoms with Crippen LogP contribution in [0.4, 0.5) is 5.69 Å². The van der Waals surface area contributed by atoms with E-state index in [9.17, 15) is 9.90 Å². The van der Waals surface area contributed by atoms with Gasteiger partial charge in [0, 0.05) is 43.3 Å². The van der Waals surface area contributed by atoms with Crippen LogP contribution in [0.1, 0.15) is 29.3 Å². The van der Waals surface area contributed by atoms with Gasteiger partial charge in [-0.15, -0.1) is 0 Å². The first-order valence-electron chi connectivity index (χ1n) is 12.8. The first-order chi connectivity index (χ1) is 19.7. The molecule has 0 saturated carbocycles. The lowest BCUT2D eigenvalue weighted by Crippen LogP contribution is -2.45. The highest BCUT2D eigenvalue weighted by molar-refractivity contribution is 7.80. The molecule has 0 bridgehead atoms. The predicted octanol–water partition coefficient (Wildman–Crippen LogP) is 5.76. The van der Waals surface area contributed by atoms with E-state index in [0.29, 0.717) is 46.0 Å². The molecule has 0 unspecified atom stereocenters. The Kier molecular flexibility index (Phi) is 10.2. The third-order valence-corrected chi connectivity index (χ3v) is 7.49. The number of amides is 1. The number of aromatic hydroxyl groups is 1. The van der Waals surface area contributed by atoms with Crippen LogP contribution in [-0.2, 0) is 24.3 Å². The summed E-state index contributed by atoms with van der Waals surface area (Å²) in [6, 6.07) is 21.2. The summed E-state index contributed by atoms with van der Waals surface area (Å²) in [6.45, 7) is 3.20. The molecule has 1 amide bonds. The van der Waals surface area contributed by atoms with E-state index in [4.69, 9.17) is 40.7 Å². The Bertz CT molecular complexity index is 1550. The van der Waals surface area contributed by atoms with Gasteiger partial charge in [-0.3, -0.25) is 4.79 Å². The van der Waals surface area contributed by atoms with Crippen molar-refractivity contribution in [3.63, 3.8) is 0 Å². The lowest BCUT2D eigenvalue weighted by Gasteiger charge is -2.29. The molecule has 41 heavy (non-hydrogen) atoms. The molecule has 0 aliphatic heterocycles. The van der Waals surface area contributed by atoms with E-state index in [-0.39, 0.29) is 24.1 Å². The Morgan fingerprint density at radius 3 is 2.59 bits per heavy atom. The Hall–Kier alpha value is -4.10. The summed E-state index contributed by atoms with van der Waals surface area (Å²) in [4.78, 5) is 19.1. The van der Waals surface area contributed by atoms with Gasteiger partial charge in [0.2, 0.25) is 5.91 Å². The highest BCUT2D eigenvalue weighted by atomic mass is 35.5. The van der Waals surface area contributed by atoms with Crippen LogP contribution in [0, 0.1) is 11.3 Å². The number of rotatable bonds is 10. The normalized spacial score (nSPS) is 11.4. The highest BCUT2D eigenvalue weighted by Gasteiger charge is 2.19. The van der Waals surface area contributed by atoms with Crippen LogP contribution in [-0.4, -0.2) is 43.2 Å². The van der Waals surface area contributed by atoms with E-state index in [0.717, 1.165) is 16.8 Å². The standard InChI is InChI=1S/C30H28Cl2N6O2S/c1-20(35-28(40)13-25-15-34-19-38(25)17-22-7-5-21(14-33)6-8-22)16-37(18-23-3-2-4-27(31)29(23)32)30(41)36-24-9-11-26(39)12-10-24/h2-12,15,19-20,39H,13,16-18H2,1H3,(H,35,40)(H,36,41)/t20-/m0/s1. The molecule has 1 heterocycles. The highest BCUT2D eigenvalue weighted by Crippen LogP contribution is 2.27. The second kappa shape index (κ2) is 14.0. The quantitative estimate of drug-likeness (QED) is 0.156. The van der Waals surface area contributed by atoms with Crippen molar-refractivity contribution in [1.82, 2.24) is 19.8 Å². The maximum atomic E-state index is 13.0. The van der Waals surface area contributed by atoms with E-state index < -0.39 is 0 Å². The van der Waals surface area contributed by atoms with Gasteiger partial charge in [-0.25, -0.2) is 4.98 Å². The van der Waals surface area contributed by atoms with Crippen molar-refractivity contribution >= 4 is 52.1 Å². The van der Waals surface area contributed by atoms with Crippen molar-refractivity contribution in [2.24, 2.45) is 0 Å². The zero-order valence-electron chi connectivity index (χ0n) is 22.2. The number of carbonyl (C=O) groups excluding carboxylic acids is 1. The Labute approximate surface area is 254 Å². The van der Waals surface area contributed by atoms with Gasteiger partial charge in [0.05, 0.1) is 34.4 Å². The Balaban J connectivity index is 1.41. The summed E-state index contributed by atoms with van der Waals surface area (Å²) in [7, 11) is 0. The number of nitriles is 1. The predicted molar refractivity (Wildman–Crippen MR) is 165 cm³/mol. The summed E-state index contributed by atoms with van der Waals surface area (Å²) in [6.07, 6.45) is 3.52. The molecule has 8 nitrogen and oxygen atoms in total. The van der Waals surface area contributed by atoms with Gasteiger partial charge >= 0.3 is 0 Å². The van der Waals surface area contributed by atoms with Gasteiger partial charge in [-0.1, -0.05) is 47.5 Å². The zero-order chi connectivity index (χ0) is 29.4. The monoisotopic (exact) mass is 606 g/mol. The summed E-state index contributed by atoms with van der Waals surface area (Å²) >= 11 is 18.4. The molecule has 3 N–H and O–H groups in total. The SMILES string of the molecule is C[C@@H](CN(Cc1cccc(Cl)c1Cl)C(=S)Nc1ccc(O)cc1)NC(=O)Cc1cncn1Cc1ccc(C#N)cc1.